The van der Waals surface area contributed by atoms with Gasteiger partial charge < -0.3 is 42.6 Å². The molecular formula is C22H45IO9. The molecule has 0 atom stereocenters. The van der Waals surface area contributed by atoms with Crippen molar-refractivity contribution >= 4 is 22.6 Å². The number of ether oxygens (including phenoxy) is 9. The Morgan fingerprint density at radius 1 is 0.344 bits per heavy atom. The summed E-state index contributed by atoms with van der Waals surface area (Å²) in [6.45, 7) is 12.9. The van der Waals surface area contributed by atoms with E-state index in [9.17, 15) is 0 Å². The number of halogens is 1. The molecule has 0 radical (unpaired) electrons. The molecule has 0 aliphatic heterocycles. The topological polar surface area (TPSA) is 83.1 Å². The van der Waals surface area contributed by atoms with E-state index < -0.39 is 0 Å². The van der Waals surface area contributed by atoms with Crippen LogP contribution in [-0.4, -0.2) is 123 Å². The van der Waals surface area contributed by atoms with Crippen molar-refractivity contribution in [3.05, 3.63) is 0 Å². The molecule has 0 bridgehead atoms. The molecule has 0 rings (SSSR count). The van der Waals surface area contributed by atoms with Crippen LogP contribution in [0.15, 0.2) is 0 Å². The lowest BCUT2D eigenvalue weighted by Gasteiger charge is -2.08. The van der Waals surface area contributed by atoms with Crippen LogP contribution in [0.5, 0.6) is 0 Å². The zero-order valence-corrected chi connectivity index (χ0v) is 22.1. The van der Waals surface area contributed by atoms with Crippen LogP contribution < -0.4 is 0 Å². The molecule has 0 heterocycles. The van der Waals surface area contributed by atoms with Crippen LogP contribution in [0.4, 0.5) is 0 Å². The summed E-state index contributed by atoms with van der Waals surface area (Å²) in [4.78, 5) is 0. The summed E-state index contributed by atoms with van der Waals surface area (Å²) >= 11 is 2.28. The summed E-state index contributed by atoms with van der Waals surface area (Å²) in [5.41, 5.74) is 0. The third-order valence-electron chi connectivity index (χ3n) is 3.84. The maximum atomic E-state index is 5.44. The second-order valence-electron chi connectivity index (χ2n) is 6.55. The summed E-state index contributed by atoms with van der Waals surface area (Å²) in [6.07, 6.45) is 2.26. The third-order valence-corrected chi connectivity index (χ3v) is 4.28. The summed E-state index contributed by atoms with van der Waals surface area (Å²) < 4.78 is 49.7. The number of hydrogen-bond acceptors (Lipinski definition) is 9. The summed E-state index contributed by atoms with van der Waals surface area (Å²) in [7, 11) is 0. The second kappa shape index (κ2) is 31.4. The number of alkyl halides is 1. The van der Waals surface area contributed by atoms with E-state index in [1.54, 1.807) is 0 Å². The van der Waals surface area contributed by atoms with Crippen molar-refractivity contribution in [3.63, 3.8) is 0 Å². The van der Waals surface area contributed by atoms with Crippen molar-refractivity contribution in [2.24, 2.45) is 0 Å². The van der Waals surface area contributed by atoms with E-state index in [0.29, 0.717) is 106 Å². The molecule has 0 aromatic heterocycles. The Hall–Kier alpha value is 0.370. The lowest BCUT2D eigenvalue weighted by molar-refractivity contribution is -0.0247. The Labute approximate surface area is 208 Å². The molecule has 194 valence electrons. The molecule has 10 heteroatoms. The van der Waals surface area contributed by atoms with Crippen LogP contribution in [0.2, 0.25) is 0 Å². The fourth-order valence-electron chi connectivity index (χ4n) is 2.16. The van der Waals surface area contributed by atoms with E-state index in [2.05, 4.69) is 29.5 Å². The Morgan fingerprint density at radius 3 is 0.781 bits per heavy atom. The minimum Gasteiger partial charge on any atom is -0.379 e. The molecule has 9 nitrogen and oxygen atoms in total. The zero-order valence-electron chi connectivity index (χ0n) is 19.9. The van der Waals surface area contributed by atoms with E-state index in [1.165, 1.54) is 0 Å². The molecule has 0 unspecified atom stereocenters. The highest BCUT2D eigenvalue weighted by molar-refractivity contribution is 14.1. The molecule has 0 spiro atoms. The van der Waals surface area contributed by atoms with Crippen LogP contribution in [0.1, 0.15) is 19.8 Å². The molecule has 0 fully saturated rings. The Kier molecular flexibility index (Phi) is 31.7. The Bertz CT molecular complexity index is 298. The van der Waals surface area contributed by atoms with Gasteiger partial charge in [-0.3, -0.25) is 0 Å². The van der Waals surface area contributed by atoms with Crippen molar-refractivity contribution in [1.82, 2.24) is 0 Å². The summed E-state index contributed by atoms with van der Waals surface area (Å²) in [6, 6.07) is 0. The maximum absolute atomic E-state index is 5.44. The van der Waals surface area contributed by atoms with Crippen LogP contribution in [-0.2, 0) is 42.6 Å². The summed E-state index contributed by atoms with van der Waals surface area (Å²) in [5, 5.41) is 0. The van der Waals surface area contributed by atoms with E-state index in [1.807, 2.05) is 0 Å². The zero-order chi connectivity index (χ0) is 23.2. The predicted molar refractivity (Wildman–Crippen MR) is 131 cm³/mol. The first-order valence-corrected chi connectivity index (χ1v) is 13.2. The summed E-state index contributed by atoms with van der Waals surface area (Å²) in [5.74, 6) is 0. The van der Waals surface area contributed by atoms with Crippen molar-refractivity contribution in [1.29, 1.82) is 0 Å². The van der Waals surface area contributed by atoms with Gasteiger partial charge in [-0.1, -0.05) is 35.9 Å². The third kappa shape index (κ3) is 30.4. The van der Waals surface area contributed by atoms with Crippen LogP contribution >= 0.6 is 22.6 Å². The van der Waals surface area contributed by atoms with Gasteiger partial charge in [-0.15, -0.1) is 0 Å². The normalized spacial score (nSPS) is 11.4. The van der Waals surface area contributed by atoms with E-state index in [4.69, 9.17) is 42.6 Å². The van der Waals surface area contributed by atoms with E-state index >= 15 is 0 Å². The first kappa shape index (κ1) is 32.4. The van der Waals surface area contributed by atoms with Gasteiger partial charge in [0.2, 0.25) is 0 Å². The first-order valence-electron chi connectivity index (χ1n) is 11.7. The van der Waals surface area contributed by atoms with Gasteiger partial charge in [0.15, 0.2) is 0 Å². The van der Waals surface area contributed by atoms with Crippen LogP contribution in [0, 0.1) is 0 Å². The van der Waals surface area contributed by atoms with Gasteiger partial charge in [0.25, 0.3) is 0 Å². The fraction of sp³-hybridized carbons (Fsp3) is 1.00. The highest BCUT2D eigenvalue weighted by Crippen LogP contribution is 1.89. The Balaban J connectivity index is 2.98. The average Bonchev–Trinajstić information content (AvgIpc) is 2.81. The van der Waals surface area contributed by atoms with Crippen molar-refractivity contribution in [2.75, 3.05) is 123 Å². The number of rotatable bonds is 29. The molecule has 0 saturated heterocycles. The van der Waals surface area contributed by atoms with Gasteiger partial charge in [0.1, 0.15) is 0 Å². The SMILES string of the molecule is CCCCOCCOCCOCCOCCOCCOCCOCCOCCOCCI. The molecule has 0 aromatic carbocycles. The van der Waals surface area contributed by atoms with Crippen molar-refractivity contribution in [2.45, 2.75) is 19.8 Å². The number of hydrogen-bond donors (Lipinski definition) is 0. The lowest BCUT2D eigenvalue weighted by atomic mass is 10.4. The highest BCUT2D eigenvalue weighted by atomic mass is 127. The van der Waals surface area contributed by atoms with Crippen LogP contribution in [0.25, 0.3) is 0 Å². The number of unbranched alkanes of at least 4 members (excludes halogenated alkanes) is 1. The molecule has 0 aromatic rings. The van der Waals surface area contributed by atoms with Crippen molar-refractivity contribution < 1.29 is 42.6 Å². The minimum absolute atomic E-state index is 0.541. The monoisotopic (exact) mass is 580 g/mol. The molecule has 32 heavy (non-hydrogen) atoms. The fourth-order valence-corrected chi connectivity index (χ4v) is 2.47. The lowest BCUT2D eigenvalue weighted by Crippen LogP contribution is -2.15. The minimum atomic E-state index is 0.541. The van der Waals surface area contributed by atoms with Gasteiger partial charge in [0.05, 0.1) is 112 Å². The standard InChI is InChI=1S/C22H45IO9/c1-2-3-5-24-7-9-26-11-13-28-15-17-30-19-21-32-22-20-31-18-16-29-14-12-27-10-8-25-6-4-23/h2-22H2,1H3. The molecule has 0 amide bonds. The maximum Gasteiger partial charge on any atom is 0.0701 e. The smallest absolute Gasteiger partial charge is 0.0701 e. The molecule has 0 N–H and O–H groups in total. The van der Waals surface area contributed by atoms with Gasteiger partial charge in [-0.05, 0) is 6.42 Å². The molecule has 0 aliphatic rings. The second-order valence-corrected chi connectivity index (χ2v) is 7.63. The molecule has 0 saturated carbocycles. The van der Waals surface area contributed by atoms with Gasteiger partial charge in [-0.2, -0.15) is 0 Å². The van der Waals surface area contributed by atoms with Crippen molar-refractivity contribution in [3.8, 4) is 0 Å². The van der Waals surface area contributed by atoms with Crippen LogP contribution in [0.3, 0.4) is 0 Å². The largest absolute Gasteiger partial charge is 0.379 e. The first-order chi connectivity index (χ1) is 15.9. The van der Waals surface area contributed by atoms with E-state index in [0.717, 1.165) is 30.5 Å². The van der Waals surface area contributed by atoms with E-state index in [-0.39, 0.29) is 0 Å². The Morgan fingerprint density at radius 2 is 0.562 bits per heavy atom. The highest BCUT2D eigenvalue weighted by Gasteiger charge is 1.95. The molecule has 0 aliphatic carbocycles. The van der Waals surface area contributed by atoms with Gasteiger partial charge in [0, 0.05) is 11.0 Å². The quantitative estimate of drug-likeness (QED) is 0.0753. The van der Waals surface area contributed by atoms with Gasteiger partial charge in [-0.25, -0.2) is 0 Å². The average molecular weight is 580 g/mol. The predicted octanol–water partition coefficient (Wildman–Crippen LogP) is 2.37. The van der Waals surface area contributed by atoms with Gasteiger partial charge >= 0.3 is 0 Å². The molecular weight excluding hydrogens is 535 g/mol.